The summed E-state index contributed by atoms with van der Waals surface area (Å²) in [5.41, 5.74) is 1.48. The lowest BCUT2D eigenvalue weighted by Gasteiger charge is -2.06. The summed E-state index contributed by atoms with van der Waals surface area (Å²) in [6, 6.07) is 18.2. The maximum absolute atomic E-state index is 12.1. The number of nitrogens with one attached hydrogen (secondary N) is 1. The Labute approximate surface area is 129 Å². The van der Waals surface area contributed by atoms with Gasteiger partial charge in [-0.1, -0.05) is 30.3 Å². The number of ether oxygens (including phenoxy) is 1. The topological polar surface area (TPSA) is 62.1 Å². The van der Waals surface area contributed by atoms with Crippen LogP contribution in [0.3, 0.4) is 0 Å². The number of nitriles is 1. The maximum Gasteiger partial charge on any atom is 0.266 e. The summed E-state index contributed by atoms with van der Waals surface area (Å²) in [5.74, 6) is 0.302. The Kier molecular flexibility index (Phi) is 5.33. The molecule has 0 aliphatic carbocycles. The molecule has 0 heterocycles. The van der Waals surface area contributed by atoms with Crippen LogP contribution in [-0.4, -0.2) is 12.5 Å². The molecule has 0 aliphatic rings. The van der Waals surface area contributed by atoms with Crippen molar-refractivity contribution < 1.29 is 9.53 Å². The van der Waals surface area contributed by atoms with E-state index in [4.69, 9.17) is 10.00 Å². The van der Waals surface area contributed by atoms with Gasteiger partial charge in [-0.05, 0) is 42.8 Å². The molecule has 0 spiro atoms. The lowest BCUT2D eigenvalue weighted by atomic mass is 10.1. The van der Waals surface area contributed by atoms with Gasteiger partial charge in [-0.15, -0.1) is 0 Å². The van der Waals surface area contributed by atoms with Gasteiger partial charge >= 0.3 is 0 Å². The number of amides is 1. The van der Waals surface area contributed by atoms with E-state index in [1.165, 1.54) is 0 Å². The average molecular weight is 292 g/mol. The van der Waals surface area contributed by atoms with Gasteiger partial charge in [0.2, 0.25) is 0 Å². The molecule has 0 saturated heterocycles. The van der Waals surface area contributed by atoms with Crippen LogP contribution in [0.5, 0.6) is 5.75 Å². The number of hydrogen-bond donors (Lipinski definition) is 1. The van der Waals surface area contributed by atoms with Gasteiger partial charge in [-0.3, -0.25) is 4.79 Å². The lowest BCUT2D eigenvalue weighted by molar-refractivity contribution is -0.112. The van der Waals surface area contributed by atoms with Crippen molar-refractivity contribution in [2.75, 3.05) is 11.9 Å². The van der Waals surface area contributed by atoms with Crippen LogP contribution in [0.2, 0.25) is 0 Å². The van der Waals surface area contributed by atoms with Crippen molar-refractivity contribution in [3.05, 3.63) is 65.7 Å². The van der Waals surface area contributed by atoms with Gasteiger partial charge in [0.1, 0.15) is 17.4 Å². The highest BCUT2D eigenvalue weighted by Crippen LogP contribution is 2.16. The first-order valence-electron chi connectivity index (χ1n) is 6.94. The van der Waals surface area contributed by atoms with Crippen molar-refractivity contribution in [2.24, 2.45) is 0 Å². The van der Waals surface area contributed by atoms with E-state index in [1.807, 2.05) is 43.3 Å². The van der Waals surface area contributed by atoms with Crippen molar-refractivity contribution in [3.8, 4) is 11.8 Å². The largest absolute Gasteiger partial charge is 0.494 e. The molecule has 0 atom stereocenters. The van der Waals surface area contributed by atoms with E-state index < -0.39 is 5.91 Å². The van der Waals surface area contributed by atoms with Gasteiger partial charge in [0, 0.05) is 5.69 Å². The number of carbonyl (C=O) groups is 1. The Balaban J connectivity index is 2.10. The average Bonchev–Trinajstić information content (AvgIpc) is 2.55. The first-order chi connectivity index (χ1) is 10.7. The van der Waals surface area contributed by atoms with Crippen LogP contribution in [-0.2, 0) is 4.79 Å². The molecular formula is C18H16N2O2. The van der Waals surface area contributed by atoms with Gasteiger partial charge in [0.05, 0.1) is 6.61 Å². The van der Waals surface area contributed by atoms with Crippen LogP contribution in [0.4, 0.5) is 5.69 Å². The number of nitrogens with zero attached hydrogens (tertiary/aromatic N) is 1. The van der Waals surface area contributed by atoms with Crippen LogP contribution >= 0.6 is 0 Å². The smallest absolute Gasteiger partial charge is 0.266 e. The standard InChI is InChI=1S/C18H16N2O2/c1-2-22-17-10-8-16(9-11-17)20-18(21)15(13-19)12-14-6-4-3-5-7-14/h3-12H,2H2,1H3,(H,20,21)/b15-12-. The fraction of sp³-hybridized carbons (Fsp3) is 0.111. The molecule has 4 heteroatoms. The molecule has 2 aromatic carbocycles. The van der Waals surface area contributed by atoms with Crippen LogP contribution in [0.15, 0.2) is 60.2 Å². The van der Waals surface area contributed by atoms with Crippen molar-refractivity contribution in [1.82, 2.24) is 0 Å². The van der Waals surface area contributed by atoms with E-state index >= 15 is 0 Å². The Hall–Kier alpha value is -3.06. The summed E-state index contributed by atoms with van der Waals surface area (Å²) in [4.78, 5) is 12.1. The highest BCUT2D eigenvalue weighted by molar-refractivity contribution is 6.09. The number of anilines is 1. The summed E-state index contributed by atoms with van der Waals surface area (Å²) in [5, 5.41) is 11.8. The molecule has 4 nitrogen and oxygen atoms in total. The Morgan fingerprint density at radius 2 is 1.86 bits per heavy atom. The van der Waals surface area contributed by atoms with E-state index in [1.54, 1.807) is 30.3 Å². The van der Waals surface area contributed by atoms with E-state index in [0.717, 1.165) is 11.3 Å². The van der Waals surface area contributed by atoms with E-state index in [-0.39, 0.29) is 5.57 Å². The minimum absolute atomic E-state index is 0.0556. The number of carbonyl (C=O) groups excluding carboxylic acids is 1. The number of hydrogen-bond acceptors (Lipinski definition) is 3. The zero-order valence-electron chi connectivity index (χ0n) is 12.2. The first-order valence-corrected chi connectivity index (χ1v) is 6.94. The second kappa shape index (κ2) is 7.65. The van der Waals surface area contributed by atoms with Gasteiger partial charge in [0.25, 0.3) is 5.91 Å². The summed E-state index contributed by atoms with van der Waals surface area (Å²) in [6.07, 6.45) is 1.56. The third-order valence-corrected chi connectivity index (χ3v) is 2.90. The lowest BCUT2D eigenvalue weighted by Crippen LogP contribution is -2.13. The molecule has 1 N–H and O–H groups in total. The molecule has 1 amide bonds. The predicted molar refractivity (Wildman–Crippen MR) is 86.3 cm³/mol. The van der Waals surface area contributed by atoms with Crippen molar-refractivity contribution in [2.45, 2.75) is 6.92 Å². The molecule has 22 heavy (non-hydrogen) atoms. The Morgan fingerprint density at radius 3 is 2.45 bits per heavy atom. The summed E-state index contributed by atoms with van der Waals surface area (Å²) in [7, 11) is 0. The number of rotatable bonds is 5. The zero-order chi connectivity index (χ0) is 15.8. The quantitative estimate of drug-likeness (QED) is 0.676. The molecule has 0 aromatic heterocycles. The summed E-state index contributed by atoms with van der Waals surface area (Å²) < 4.78 is 5.34. The second-order valence-corrected chi connectivity index (χ2v) is 4.49. The minimum atomic E-state index is -0.435. The molecule has 2 rings (SSSR count). The molecule has 0 unspecified atom stereocenters. The molecular weight excluding hydrogens is 276 g/mol. The van der Waals surface area contributed by atoms with Crippen molar-refractivity contribution in [3.63, 3.8) is 0 Å². The predicted octanol–water partition coefficient (Wildman–Crippen LogP) is 3.63. The van der Waals surface area contributed by atoms with Crippen LogP contribution in [0.25, 0.3) is 6.08 Å². The second-order valence-electron chi connectivity index (χ2n) is 4.49. The molecule has 0 radical (unpaired) electrons. The normalized spacial score (nSPS) is 10.6. The Morgan fingerprint density at radius 1 is 1.18 bits per heavy atom. The monoisotopic (exact) mass is 292 g/mol. The molecule has 2 aromatic rings. The van der Waals surface area contributed by atoms with Crippen LogP contribution in [0.1, 0.15) is 12.5 Å². The highest BCUT2D eigenvalue weighted by Gasteiger charge is 2.09. The SMILES string of the molecule is CCOc1ccc(NC(=O)/C(C#N)=C\c2ccccc2)cc1. The fourth-order valence-corrected chi connectivity index (χ4v) is 1.86. The Bertz CT molecular complexity index is 698. The zero-order valence-corrected chi connectivity index (χ0v) is 12.2. The van der Waals surface area contributed by atoms with Gasteiger partial charge in [0.15, 0.2) is 0 Å². The van der Waals surface area contributed by atoms with E-state index in [2.05, 4.69) is 5.32 Å². The summed E-state index contributed by atoms with van der Waals surface area (Å²) >= 11 is 0. The van der Waals surface area contributed by atoms with Gasteiger partial charge in [-0.25, -0.2) is 0 Å². The molecule has 0 saturated carbocycles. The van der Waals surface area contributed by atoms with Crippen molar-refractivity contribution in [1.29, 1.82) is 5.26 Å². The van der Waals surface area contributed by atoms with Crippen molar-refractivity contribution >= 4 is 17.7 Å². The minimum Gasteiger partial charge on any atom is -0.494 e. The maximum atomic E-state index is 12.1. The summed E-state index contributed by atoms with van der Waals surface area (Å²) in [6.45, 7) is 2.49. The van der Waals surface area contributed by atoms with Gasteiger partial charge in [-0.2, -0.15) is 5.26 Å². The first kappa shape index (κ1) is 15.3. The molecule has 0 fully saturated rings. The third kappa shape index (κ3) is 4.22. The molecule has 0 aliphatic heterocycles. The number of benzene rings is 2. The molecule has 110 valence electrons. The van der Waals surface area contributed by atoms with Gasteiger partial charge < -0.3 is 10.1 Å². The fourth-order valence-electron chi connectivity index (χ4n) is 1.86. The van der Waals surface area contributed by atoms with Crippen LogP contribution in [0, 0.1) is 11.3 Å². The highest BCUT2D eigenvalue weighted by atomic mass is 16.5. The van der Waals surface area contributed by atoms with E-state index in [9.17, 15) is 4.79 Å². The van der Waals surface area contributed by atoms with Crippen LogP contribution < -0.4 is 10.1 Å². The third-order valence-electron chi connectivity index (χ3n) is 2.90. The van der Waals surface area contributed by atoms with E-state index in [0.29, 0.717) is 12.3 Å². The molecule has 0 bridgehead atoms.